The maximum atomic E-state index is 13.2. The van der Waals surface area contributed by atoms with Crippen LogP contribution in [0.15, 0.2) is 42.5 Å². The van der Waals surface area contributed by atoms with Crippen molar-refractivity contribution in [1.29, 1.82) is 0 Å². The van der Waals surface area contributed by atoms with Gasteiger partial charge < -0.3 is 10.1 Å². The number of para-hydroxylation sites is 1. The number of alkyl halides is 2. The molecule has 3 aliphatic rings. The Hall–Kier alpha value is -2.90. The number of benzene rings is 2. The molecule has 182 valence electrons. The Kier molecular flexibility index (Phi) is 6.09. The van der Waals surface area contributed by atoms with Crippen LogP contribution in [0.2, 0.25) is 0 Å². The van der Waals surface area contributed by atoms with E-state index in [2.05, 4.69) is 5.32 Å². The van der Waals surface area contributed by atoms with Crippen LogP contribution in [0.1, 0.15) is 27.9 Å². The lowest BCUT2D eigenvalue weighted by atomic mass is 9.80. The van der Waals surface area contributed by atoms with Crippen molar-refractivity contribution in [3.8, 4) is 0 Å². The monoisotopic (exact) mass is 514 g/mol. The Balaban J connectivity index is 1.27. The number of ether oxygens (including phenoxy) is 1. The number of nitrogens with zero attached hydrogens (tertiary/aromatic N) is 1. The zero-order valence-electron chi connectivity index (χ0n) is 19.2. The number of halogens is 2. The van der Waals surface area contributed by atoms with E-state index in [1.807, 2.05) is 32.0 Å². The molecule has 1 N–H and O–H groups in total. The van der Waals surface area contributed by atoms with Gasteiger partial charge in [-0.05, 0) is 61.4 Å². The molecule has 3 amide bonds. The van der Waals surface area contributed by atoms with Gasteiger partial charge in [-0.2, -0.15) is 0 Å². The van der Waals surface area contributed by atoms with E-state index in [9.17, 15) is 19.2 Å². The normalized spacial score (nSPS) is 28.9. The number of hydrogen-bond acceptors (Lipinski definition) is 5. The molecule has 35 heavy (non-hydrogen) atoms. The SMILES string of the molecule is Cc1cccc(C)c1NC(=O)COC(=O)c1cccc(N2C(=O)[C@@H]3[C@H]4C[C@@H]([C@H](Cl)[C@H]4Cl)[C@H]3C2=O)c1. The van der Waals surface area contributed by atoms with E-state index in [-0.39, 0.29) is 40.0 Å². The van der Waals surface area contributed by atoms with Crippen LogP contribution in [0.5, 0.6) is 0 Å². The van der Waals surface area contributed by atoms with Crippen molar-refractivity contribution in [2.45, 2.75) is 31.0 Å². The number of carbonyl (C=O) groups is 4. The van der Waals surface area contributed by atoms with Crippen molar-refractivity contribution in [2.24, 2.45) is 23.7 Å². The summed E-state index contributed by atoms with van der Waals surface area (Å²) in [5, 5.41) is 2.09. The molecule has 0 spiro atoms. The van der Waals surface area contributed by atoms with Crippen LogP contribution in [-0.4, -0.2) is 41.1 Å². The van der Waals surface area contributed by atoms with E-state index >= 15 is 0 Å². The number of imide groups is 1. The molecule has 9 heteroatoms. The number of aryl methyl sites for hydroxylation is 2. The lowest BCUT2D eigenvalue weighted by Gasteiger charge is -2.28. The molecular weight excluding hydrogens is 491 g/mol. The highest BCUT2D eigenvalue weighted by Gasteiger charge is 2.66. The molecule has 2 aromatic carbocycles. The van der Waals surface area contributed by atoms with Gasteiger partial charge in [0.15, 0.2) is 6.61 Å². The molecule has 1 aliphatic heterocycles. The van der Waals surface area contributed by atoms with Crippen LogP contribution >= 0.6 is 23.2 Å². The van der Waals surface area contributed by atoms with Gasteiger partial charge in [-0.25, -0.2) is 4.79 Å². The number of amides is 3. The Morgan fingerprint density at radius 2 is 1.54 bits per heavy atom. The van der Waals surface area contributed by atoms with Crippen LogP contribution in [0.25, 0.3) is 0 Å². The topological polar surface area (TPSA) is 92.8 Å². The first-order chi connectivity index (χ1) is 16.7. The summed E-state index contributed by atoms with van der Waals surface area (Å²) in [7, 11) is 0. The summed E-state index contributed by atoms with van der Waals surface area (Å²) < 4.78 is 5.19. The Morgan fingerprint density at radius 1 is 0.971 bits per heavy atom. The highest BCUT2D eigenvalue weighted by molar-refractivity contribution is 6.32. The molecule has 1 heterocycles. The number of esters is 1. The van der Waals surface area contributed by atoms with Gasteiger partial charge in [0.2, 0.25) is 11.8 Å². The third kappa shape index (κ3) is 3.91. The lowest BCUT2D eigenvalue weighted by molar-refractivity contribution is -0.123. The molecule has 2 aliphatic carbocycles. The number of rotatable bonds is 5. The molecule has 7 nitrogen and oxygen atoms in total. The summed E-state index contributed by atoms with van der Waals surface area (Å²) in [5.41, 5.74) is 2.90. The fourth-order valence-electron chi connectivity index (χ4n) is 5.78. The van der Waals surface area contributed by atoms with Crippen molar-refractivity contribution < 1.29 is 23.9 Å². The van der Waals surface area contributed by atoms with Gasteiger partial charge in [-0.15, -0.1) is 23.2 Å². The molecular formula is C26H24Cl2N2O5. The molecule has 5 rings (SSSR count). The standard InChI is InChI=1S/C26H24Cl2N2O5/c1-12-5-3-6-13(2)23(12)29-18(31)11-35-26(34)14-7-4-8-15(9-14)30-24(32)19-16-10-17(20(19)25(30)33)22(28)21(16)27/h3-9,16-17,19-22H,10-11H2,1-2H3,(H,29,31)/t16-,17-,19-,20-,21+,22+/m1/s1. The number of nitrogens with one attached hydrogen (secondary N) is 1. The van der Waals surface area contributed by atoms with Gasteiger partial charge in [0.25, 0.3) is 5.91 Å². The number of carbonyl (C=O) groups excluding carboxylic acids is 4. The van der Waals surface area contributed by atoms with E-state index in [1.54, 1.807) is 12.1 Å². The predicted octanol–water partition coefficient (Wildman–Crippen LogP) is 4.07. The maximum Gasteiger partial charge on any atom is 0.338 e. The molecule has 0 radical (unpaired) electrons. The van der Waals surface area contributed by atoms with Crippen LogP contribution < -0.4 is 10.2 Å². The largest absolute Gasteiger partial charge is 0.452 e. The summed E-state index contributed by atoms with van der Waals surface area (Å²) in [5.74, 6) is -3.02. The fraction of sp³-hybridized carbons (Fsp3) is 0.385. The second kappa shape index (κ2) is 8.95. The molecule has 2 bridgehead atoms. The smallest absolute Gasteiger partial charge is 0.338 e. The van der Waals surface area contributed by atoms with Crippen molar-refractivity contribution in [3.05, 3.63) is 59.2 Å². The molecule has 2 saturated carbocycles. The zero-order valence-corrected chi connectivity index (χ0v) is 20.7. The Bertz CT molecular complexity index is 1200. The summed E-state index contributed by atoms with van der Waals surface area (Å²) in [6.45, 7) is 3.28. The third-order valence-corrected chi connectivity index (χ3v) is 8.73. The lowest BCUT2D eigenvalue weighted by Crippen LogP contribution is -2.37. The first-order valence-corrected chi connectivity index (χ1v) is 12.4. The van der Waals surface area contributed by atoms with Gasteiger partial charge in [0, 0.05) is 5.69 Å². The van der Waals surface area contributed by atoms with Gasteiger partial charge >= 0.3 is 5.97 Å². The first-order valence-electron chi connectivity index (χ1n) is 11.5. The maximum absolute atomic E-state index is 13.2. The van der Waals surface area contributed by atoms with Crippen LogP contribution in [0.3, 0.4) is 0 Å². The summed E-state index contributed by atoms with van der Waals surface area (Å²) in [6.07, 6.45) is 0.680. The Labute approximate surface area is 212 Å². The minimum atomic E-state index is -0.732. The highest BCUT2D eigenvalue weighted by Crippen LogP contribution is 2.59. The Morgan fingerprint density at radius 3 is 2.14 bits per heavy atom. The summed E-state index contributed by atoms with van der Waals surface area (Å²) >= 11 is 12.8. The van der Waals surface area contributed by atoms with E-state index in [1.165, 1.54) is 12.1 Å². The van der Waals surface area contributed by atoms with Gasteiger partial charge in [-0.1, -0.05) is 24.3 Å². The van der Waals surface area contributed by atoms with E-state index in [0.717, 1.165) is 16.0 Å². The summed E-state index contributed by atoms with van der Waals surface area (Å²) in [4.78, 5) is 52.5. The minimum Gasteiger partial charge on any atom is -0.452 e. The van der Waals surface area contributed by atoms with Crippen LogP contribution in [-0.2, 0) is 19.1 Å². The zero-order chi connectivity index (χ0) is 25.0. The van der Waals surface area contributed by atoms with Crippen molar-refractivity contribution in [3.63, 3.8) is 0 Å². The first kappa shape index (κ1) is 23.8. The molecule has 0 unspecified atom stereocenters. The molecule has 3 fully saturated rings. The van der Waals surface area contributed by atoms with E-state index in [0.29, 0.717) is 17.8 Å². The average Bonchev–Trinajstić information content (AvgIpc) is 3.44. The van der Waals surface area contributed by atoms with Crippen molar-refractivity contribution in [1.82, 2.24) is 0 Å². The predicted molar refractivity (Wildman–Crippen MR) is 132 cm³/mol. The quantitative estimate of drug-likeness (QED) is 0.368. The number of fused-ring (bicyclic) bond motifs is 5. The molecule has 0 aromatic heterocycles. The van der Waals surface area contributed by atoms with Crippen molar-refractivity contribution >= 4 is 58.3 Å². The van der Waals surface area contributed by atoms with E-state index < -0.39 is 30.3 Å². The van der Waals surface area contributed by atoms with Gasteiger partial charge in [0.05, 0.1) is 33.8 Å². The number of anilines is 2. The van der Waals surface area contributed by atoms with Crippen molar-refractivity contribution in [2.75, 3.05) is 16.8 Å². The summed E-state index contributed by atoms with van der Waals surface area (Å²) in [6, 6.07) is 11.8. The fourth-order valence-corrected chi connectivity index (χ4v) is 6.67. The molecule has 2 aromatic rings. The molecule has 1 saturated heterocycles. The van der Waals surface area contributed by atoms with Crippen LogP contribution in [0, 0.1) is 37.5 Å². The third-order valence-electron chi connectivity index (χ3n) is 7.41. The second-order valence-corrected chi connectivity index (χ2v) is 10.5. The second-order valence-electron chi connectivity index (χ2n) is 9.46. The molecule has 6 atom stereocenters. The van der Waals surface area contributed by atoms with E-state index in [4.69, 9.17) is 27.9 Å². The number of hydrogen-bond donors (Lipinski definition) is 1. The highest BCUT2D eigenvalue weighted by atomic mass is 35.5. The van der Waals surface area contributed by atoms with Crippen LogP contribution in [0.4, 0.5) is 11.4 Å². The van der Waals surface area contributed by atoms with Gasteiger partial charge in [0.1, 0.15) is 0 Å². The average molecular weight is 515 g/mol. The van der Waals surface area contributed by atoms with Gasteiger partial charge in [-0.3, -0.25) is 19.3 Å². The minimum absolute atomic E-state index is 0.126.